The topological polar surface area (TPSA) is 63.8 Å². The molecule has 0 aliphatic rings. The largest absolute Gasteiger partial charge is 0.392 e. The zero-order valence-electron chi connectivity index (χ0n) is 8.16. The molecule has 0 fully saturated rings. The maximum atomic E-state index is 9.12. The van der Waals surface area contributed by atoms with Crippen molar-refractivity contribution in [3.8, 4) is 0 Å². The minimum absolute atomic E-state index is 0.0198. The van der Waals surface area contributed by atoms with Gasteiger partial charge in [-0.2, -0.15) is 5.10 Å². The molecule has 0 unspecified atom stereocenters. The molecule has 0 saturated heterocycles. The Morgan fingerprint density at radius 3 is 3.00 bits per heavy atom. The number of aromatic nitrogens is 4. The lowest BCUT2D eigenvalue weighted by Gasteiger charge is -2.03. The molecule has 0 aromatic carbocycles. The van der Waals surface area contributed by atoms with Gasteiger partial charge in [0.25, 0.3) is 0 Å². The third kappa shape index (κ3) is 2.16. The van der Waals surface area contributed by atoms with Crippen LogP contribution < -0.4 is 0 Å². The Labute approximate surface area is 91.2 Å². The quantitative estimate of drug-likeness (QED) is 0.834. The van der Waals surface area contributed by atoms with E-state index in [-0.39, 0.29) is 6.61 Å². The standard InChI is InChI=1S/C9H10N4OS/c1-13-9(11-6-12-13)15-8-7(5-14)3-2-4-10-8/h2-4,6,14H,5H2,1H3. The van der Waals surface area contributed by atoms with Gasteiger partial charge in [0.2, 0.25) is 0 Å². The summed E-state index contributed by atoms with van der Waals surface area (Å²) in [6.45, 7) is -0.0198. The Bertz CT molecular complexity index is 457. The number of nitrogens with zero attached hydrogens (tertiary/aromatic N) is 4. The van der Waals surface area contributed by atoms with Gasteiger partial charge in [-0.15, -0.1) is 0 Å². The second kappa shape index (κ2) is 4.41. The van der Waals surface area contributed by atoms with Crippen LogP contribution in [-0.4, -0.2) is 24.9 Å². The molecular formula is C9H10N4OS. The Morgan fingerprint density at radius 2 is 2.33 bits per heavy atom. The highest BCUT2D eigenvalue weighted by atomic mass is 32.2. The molecule has 6 heteroatoms. The third-order valence-electron chi connectivity index (χ3n) is 1.88. The smallest absolute Gasteiger partial charge is 0.192 e. The Kier molecular flexibility index (Phi) is 2.98. The van der Waals surface area contributed by atoms with Crippen LogP contribution in [0, 0.1) is 0 Å². The van der Waals surface area contributed by atoms with E-state index >= 15 is 0 Å². The van der Waals surface area contributed by atoms with E-state index in [1.165, 1.54) is 18.1 Å². The van der Waals surface area contributed by atoms with E-state index < -0.39 is 0 Å². The molecule has 0 aliphatic heterocycles. The maximum Gasteiger partial charge on any atom is 0.192 e. The molecule has 0 aliphatic carbocycles. The zero-order valence-corrected chi connectivity index (χ0v) is 8.98. The minimum Gasteiger partial charge on any atom is -0.392 e. The van der Waals surface area contributed by atoms with Crippen LogP contribution >= 0.6 is 11.8 Å². The van der Waals surface area contributed by atoms with Crippen molar-refractivity contribution in [3.63, 3.8) is 0 Å². The van der Waals surface area contributed by atoms with E-state index in [0.29, 0.717) is 0 Å². The van der Waals surface area contributed by atoms with Gasteiger partial charge in [-0.1, -0.05) is 6.07 Å². The van der Waals surface area contributed by atoms with Gasteiger partial charge in [0.15, 0.2) is 5.16 Å². The molecule has 5 nitrogen and oxygen atoms in total. The molecular weight excluding hydrogens is 212 g/mol. The summed E-state index contributed by atoms with van der Waals surface area (Å²) in [4.78, 5) is 8.27. The van der Waals surface area contributed by atoms with Gasteiger partial charge in [-0.05, 0) is 17.8 Å². The maximum absolute atomic E-state index is 9.12. The molecule has 2 heterocycles. The average Bonchev–Trinajstić information content (AvgIpc) is 2.65. The van der Waals surface area contributed by atoms with Crippen LogP contribution in [0.15, 0.2) is 34.8 Å². The van der Waals surface area contributed by atoms with Gasteiger partial charge in [0, 0.05) is 18.8 Å². The number of pyridine rings is 1. The van der Waals surface area contributed by atoms with Crippen LogP contribution in [0.2, 0.25) is 0 Å². The monoisotopic (exact) mass is 222 g/mol. The molecule has 2 aromatic heterocycles. The van der Waals surface area contributed by atoms with Crippen LogP contribution in [0.1, 0.15) is 5.56 Å². The van der Waals surface area contributed by atoms with Crippen molar-refractivity contribution in [2.45, 2.75) is 16.8 Å². The van der Waals surface area contributed by atoms with Crippen LogP contribution in [0.3, 0.4) is 0 Å². The van der Waals surface area contributed by atoms with Crippen molar-refractivity contribution in [2.24, 2.45) is 7.05 Å². The first-order chi connectivity index (χ1) is 7.31. The molecule has 0 radical (unpaired) electrons. The van der Waals surface area contributed by atoms with E-state index in [1.54, 1.807) is 16.9 Å². The van der Waals surface area contributed by atoms with Gasteiger partial charge in [0.05, 0.1) is 6.61 Å². The normalized spacial score (nSPS) is 10.5. The van der Waals surface area contributed by atoms with Gasteiger partial charge >= 0.3 is 0 Å². The molecule has 0 spiro atoms. The molecule has 0 bridgehead atoms. The molecule has 15 heavy (non-hydrogen) atoms. The zero-order chi connectivity index (χ0) is 10.7. The summed E-state index contributed by atoms with van der Waals surface area (Å²) in [6, 6.07) is 3.64. The molecule has 0 saturated carbocycles. The predicted octanol–water partition coefficient (Wildman–Crippen LogP) is 0.854. The second-order valence-electron chi connectivity index (χ2n) is 2.89. The Balaban J connectivity index is 2.28. The van der Waals surface area contributed by atoms with E-state index in [4.69, 9.17) is 5.11 Å². The summed E-state index contributed by atoms with van der Waals surface area (Å²) in [5, 5.41) is 14.6. The van der Waals surface area contributed by atoms with Crippen molar-refractivity contribution in [1.29, 1.82) is 0 Å². The van der Waals surface area contributed by atoms with Crippen molar-refractivity contribution in [1.82, 2.24) is 19.7 Å². The first-order valence-electron chi connectivity index (χ1n) is 4.38. The predicted molar refractivity (Wildman–Crippen MR) is 55.3 cm³/mol. The summed E-state index contributed by atoms with van der Waals surface area (Å²) in [5.41, 5.74) is 0.797. The van der Waals surface area contributed by atoms with Crippen molar-refractivity contribution in [2.75, 3.05) is 0 Å². The second-order valence-corrected chi connectivity index (χ2v) is 3.85. The fourth-order valence-electron chi connectivity index (χ4n) is 1.10. The van der Waals surface area contributed by atoms with Crippen molar-refractivity contribution in [3.05, 3.63) is 30.2 Å². The number of rotatable bonds is 3. The first-order valence-corrected chi connectivity index (χ1v) is 5.19. The van der Waals surface area contributed by atoms with Gasteiger partial charge < -0.3 is 5.11 Å². The van der Waals surface area contributed by atoms with E-state index in [1.807, 2.05) is 13.1 Å². The fourth-order valence-corrected chi connectivity index (χ4v) is 1.93. The van der Waals surface area contributed by atoms with Crippen LogP contribution in [0.4, 0.5) is 0 Å². The third-order valence-corrected chi connectivity index (χ3v) is 2.99. The summed E-state index contributed by atoms with van der Waals surface area (Å²) in [5.74, 6) is 0. The highest BCUT2D eigenvalue weighted by Crippen LogP contribution is 2.25. The number of hydrogen-bond acceptors (Lipinski definition) is 5. The lowest BCUT2D eigenvalue weighted by molar-refractivity contribution is 0.278. The van der Waals surface area contributed by atoms with E-state index in [2.05, 4.69) is 15.1 Å². The molecule has 2 rings (SSSR count). The van der Waals surface area contributed by atoms with E-state index in [0.717, 1.165) is 15.7 Å². The van der Waals surface area contributed by atoms with Gasteiger partial charge in [0.1, 0.15) is 11.4 Å². The van der Waals surface area contributed by atoms with Gasteiger partial charge in [-0.3, -0.25) is 0 Å². The minimum atomic E-state index is -0.0198. The SMILES string of the molecule is Cn1ncnc1Sc1ncccc1CO. The van der Waals surface area contributed by atoms with E-state index in [9.17, 15) is 0 Å². The average molecular weight is 222 g/mol. The molecule has 0 amide bonds. The lowest BCUT2D eigenvalue weighted by Crippen LogP contribution is -1.95. The molecule has 0 atom stereocenters. The van der Waals surface area contributed by atoms with Crippen LogP contribution in [0.5, 0.6) is 0 Å². The Morgan fingerprint density at radius 1 is 1.47 bits per heavy atom. The number of aryl methyl sites for hydroxylation is 1. The van der Waals surface area contributed by atoms with Crippen molar-refractivity contribution >= 4 is 11.8 Å². The van der Waals surface area contributed by atoms with Crippen molar-refractivity contribution < 1.29 is 5.11 Å². The van der Waals surface area contributed by atoms with Crippen LogP contribution in [0.25, 0.3) is 0 Å². The number of hydrogen-bond donors (Lipinski definition) is 1. The highest BCUT2D eigenvalue weighted by molar-refractivity contribution is 7.99. The molecule has 1 N–H and O–H groups in total. The first kappa shape index (κ1) is 10.1. The summed E-state index contributed by atoms with van der Waals surface area (Å²) in [6.07, 6.45) is 3.18. The lowest BCUT2D eigenvalue weighted by atomic mass is 10.3. The summed E-state index contributed by atoms with van der Waals surface area (Å²) < 4.78 is 1.67. The molecule has 2 aromatic rings. The van der Waals surface area contributed by atoms with Gasteiger partial charge in [-0.25, -0.2) is 14.6 Å². The van der Waals surface area contributed by atoms with Crippen LogP contribution in [-0.2, 0) is 13.7 Å². The highest BCUT2D eigenvalue weighted by Gasteiger charge is 2.08. The fraction of sp³-hybridized carbons (Fsp3) is 0.222. The molecule has 78 valence electrons. The number of aliphatic hydroxyl groups is 1. The Hall–Kier alpha value is -1.40. The summed E-state index contributed by atoms with van der Waals surface area (Å²) in [7, 11) is 1.82. The number of aliphatic hydroxyl groups excluding tert-OH is 1. The summed E-state index contributed by atoms with van der Waals surface area (Å²) >= 11 is 1.39.